The van der Waals surface area contributed by atoms with Crippen LogP contribution in [0.3, 0.4) is 0 Å². The molecule has 40 heavy (non-hydrogen) atoms. The van der Waals surface area contributed by atoms with E-state index in [0.717, 1.165) is 27.3 Å². The lowest BCUT2D eigenvalue weighted by atomic mass is 9.49. The van der Waals surface area contributed by atoms with Crippen molar-refractivity contribution in [2.45, 2.75) is 77.3 Å². The van der Waals surface area contributed by atoms with Crippen molar-refractivity contribution in [3.63, 3.8) is 0 Å². The van der Waals surface area contributed by atoms with Crippen molar-refractivity contribution in [1.82, 2.24) is 0 Å². The summed E-state index contributed by atoms with van der Waals surface area (Å²) in [6.45, 7) is 14.5. The zero-order valence-corrected chi connectivity index (χ0v) is 24.8. The highest BCUT2D eigenvalue weighted by molar-refractivity contribution is 7.11. The summed E-state index contributed by atoms with van der Waals surface area (Å²) in [6, 6.07) is 21.0. The molecule has 5 aromatic rings. The van der Waals surface area contributed by atoms with Crippen molar-refractivity contribution in [3.8, 4) is 0 Å². The summed E-state index contributed by atoms with van der Waals surface area (Å²) < 4.78 is 32.0. The van der Waals surface area contributed by atoms with E-state index in [1.54, 1.807) is 0 Å². The van der Waals surface area contributed by atoms with Crippen molar-refractivity contribution < 1.29 is 23.0 Å². The number of para-hydroxylation sites is 1. The fourth-order valence-electron chi connectivity index (χ4n) is 6.22. The van der Waals surface area contributed by atoms with Gasteiger partial charge in [0.25, 0.3) is 0 Å². The van der Waals surface area contributed by atoms with Crippen molar-refractivity contribution >= 4 is 69.1 Å². The third-order valence-corrected chi connectivity index (χ3v) is 9.92. The molecule has 5 nitrogen and oxygen atoms in total. The molecule has 2 aliphatic rings. The van der Waals surface area contributed by atoms with Crippen LogP contribution in [0, 0.1) is 0 Å². The van der Waals surface area contributed by atoms with Gasteiger partial charge in [0, 0.05) is 22.6 Å². The molecule has 0 bridgehead atoms. The monoisotopic (exact) mass is 554 g/mol. The first kappa shape index (κ1) is 26.4. The Morgan fingerprint density at radius 3 is 2.00 bits per heavy atom. The lowest BCUT2D eigenvalue weighted by molar-refractivity contribution is -0.00854. The Morgan fingerprint density at radius 2 is 1.25 bits per heavy atom. The lowest BCUT2D eigenvalue weighted by Gasteiger charge is -2.37. The molecule has 8 heteroatoms. The molecule has 2 fully saturated rings. The molecule has 7 rings (SSSR count). The van der Waals surface area contributed by atoms with E-state index in [0.29, 0.717) is 11.4 Å². The first-order valence-electron chi connectivity index (χ1n) is 14.0. The van der Waals surface area contributed by atoms with Crippen molar-refractivity contribution in [3.05, 3.63) is 71.2 Å². The molecule has 2 aliphatic heterocycles. The highest BCUT2D eigenvalue weighted by Crippen LogP contribution is 2.46. The minimum atomic E-state index is -0.626. The Labute approximate surface area is 240 Å². The number of halogens is 1. The van der Waals surface area contributed by atoms with Crippen LogP contribution in [-0.4, -0.2) is 36.4 Å². The molecule has 2 saturated heterocycles. The molecule has 1 unspecified atom stereocenters. The van der Waals surface area contributed by atoms with Gasteiger partial charge in [-0.1, -0.05) is 60.1 Å². The van der Waals surface area contributed by atoms with E-state index in [9.17, 15) is 0 Å². The van der Waals surface area contributed by atoms with Crippen molar-refractivity contribution in [2.75, 3.05) is 0 Å². The second-order valence-electron chi connectivity index (χ2n) is 13.0. The Balaban J connectivity index is 1.32. The van der Waals surface area contributed by atoms with Crippen LogP contribution in [0.5, 0.6) is 0 Å². The van der Waals surface area contributed by atoms with E-state index in [1.807, 2.05) is 45.9 Å². The van der Waals surface area contributed by atoms with Gasteiger partial charge in [0.15, 0.2) is 5.58 Å². The molecular weight excluding hydrogens is 521 g/mol. The first-order chi connectivity index (χ1) is 18.8. The predicted molar refractivity (Wildman–Crippen MR) is 164 cm³/mol. The summed E-state index contributed by atoms with van der Waals surface area (Å²) in [4.78, 5) is 0. The Bertz CT molecular complexity index is 1810. The van der Waals surface area contributed by atoms with Gasteiger partial charge < -0.3 is 23.0 Å². The summed E-state index contributed by atoms with van der Waals surface area (Å²) >= 11 is 6.51. The highest BCUT2D eigenvalue weighted by Gasteiger charge is 2.64. The number of hydrogen-bond donors (Lipinski definition) is 0. The van der Waals surface area contributed by atoms with Crippen LogP contribution >= 0.6 is 11.6 Å². The largest absolute Gasteiger partial charge is 0.489 e. The molecule has 4 aromatic carbocycles. The van der Waals surface area contributed by atoms with Crippen molar-refractivity contribution in [1.29, 1.82) is 0 Å². The standard InChI is InChI=1S/C32H33B2ClO5/c1-29(2)30(3,4)38-33(37-29)34-39-31(5,6)32(7,40-34)18-20-10-8-11-22-21(20)16-14-19-15-17-25-27(26(19)22)23-12-9-13-24(35)28(23)36-25/h8-17H,18H2,1-7H3. The van der Waals surface area contributed by atoms with Crippen LogP contribution in [0.15, 0.2) is 65.1 Å². The summed E-state index contributed by atoms with van der Waals surface area (Å²) in [5.41, 5.74) is 0.626. The predicted octanol–water partition coefficient (Wildman–Crippen LogP) is 8.33. The quantitative estimate of drug-likeness (QED) is 0.166. The van der Waals surface area contributed by atoms with Crippen LogP contribution in [-0.2, 0) is 25.0 Å². The fourth-order valence-corrected chi connectivity index (χ4v) is 6.43. The van der Waals surface area contributed by atoms with Crippen LogP contribution < -0.4 is 0 Å². The van der Waals surface area contributed by atoms with Gasteiger partial charge in [-0.2, -0.15) is 0 Å². The summed E-state index contributed by atoms with van der Waals surface area (Å²) in [5.74, 6) is 0. The van der Waals surface area contributed by atoms with E-state index in [-0.39, 0.29) is 0 Å². The smallest absolute Gasteiger partial charge is 0.454 e. The number of benzene rings is 4. The van der Waals surface area contributed by atoms with Gasteiger partial charge in [-0.25, -0.2) is 0 Å². The summed E-state index contributed by atoms with van der Waals surface area (Å²) in [7, 11) is -1.23. The van der Waals surface area contributed by atoms with E-state index in [2.05, 4.69) is 63.2 Å². The second-order valence-corrected chi connectivity index (χ2v) is 13.4. The normalized spacial score (nSPS) is 23.8. The van der Waals surface area contributed by atoms with E-state index >= 15 is 0 Å². The minimum Gasteiger partial charge on any atom is -0.454 e. The van der Waals surface area contributed by atoms with Gasteiger partial charge in [-0.3, -0.25) is 0 Å². The molecule has 0 amide bonds. The number of fused-ring (bicyclic) bond motifs is 7. The zero-order valence-electron chi connectivity index (χ0n) is 24.1. The fraction of sp³-hybridized carbons (Fsp3) is 0.375. The first-order valence-corrected chi connectivity index (χ1v) is 14.3. The summed E-state index contributed by atoms with van der Waals surface area (Å²) in [6.07, 6.45) is 0.660. The molecule has 3 heterocycles. The second kappa shape index (κ2) is 8.50. The van der Waals surface area contributed by atoms with Gasteiger partial charge in [0.05, 0.1) is 27.4 Å². The molecule has 1 atom stereocenters. The van der Waals surface area contributed by atoms with Gasteiger partial charge >= 0.3 is 14.0 Å². The number of furan rings is 1. The van der Waals surface area contributed by atoms with Gasteiger partial charge in [0.2, 0.25) is 0 Å². The Kier molecular flexibility index (Phi) is 5.60. The van der Waals surface area contributed by atoms with Crippen LogP contribution in [0.4, 0.5) is 0 Å². The zero-order chi connectivity index (χ0) is 28.2. The third-order valence-electron chi connectivity index (χ3n) is 9.63. The van der Waals surface area contributed by atoms with E-state index < -0.39 is 36.4 Å². The molecular formula is C32H33B2ClO5. The average molecular weight is 555 g/mol. The van der Waals surface area contributed by atoms with Crippen LogP contribution in [0.25, 0.3) is 43.5 Å². The molecule has 0 aliphatic carbocycles. The average Bonchev–Trinajstić information content (AvgIpc) is 3.45. The van der Waals surface area contributed by atoms with E-state index in [1.165, 1.54) is 21.7 Å². The maximum Gasteiger partial charge on any atom is 0.489 e. The molecule has 0 N–H and O–H groups in total. The SMILES string of the molecule is CC1(C)OB(B2OC(C)(C)C(C)(Cc3cccc4c3ccc3ccc5oc6c(Cl)cccc6c5c34)O2)OC1(C)C. The molecule has 1 aromatic heterocycles. The molecule has 0 saturated carbocycles. The molecule has 204 valence electrons. The maximum absolute atomic E-state index is 6.70. The van der Waals surface area contributed by atoms with Crippen LogP contribution in [0.1, 0.15) is 54.0 Å². The Hall–Kier alpha value is -2.54. The molecule has 0 radical (unpaired) electrons. The Morgan fingerprint density at radius 1 is 0.625 bits per heavy atom. The number of rotatable bonds is 3. The van der Waals surface area contributed by atoms with Gasteiger partial charge in [-0.05, 0) is 82.3 Å². The number of hydrogen-bond acceptors (Lipinski definition) is 5. The van der Waals surface area contributed by atoms with E-state index in [4.69, 9.17) is 34.6 Å². The van der Waals surface area contributed by atoms with Gasteiger partial charge in [-0.15, -0.1) is 0 Å². The van der Waals surface area contributed by atoms with Crippen molar-refractivity contribution in [2.24, 2.45) is 0 Å². The summed E-state index contributed by atoms with van der Waals surface area (Å²) in [5, 5.41) is 7.41. The third kappa shape index (κ3) is 3.72. The lowest BCUT2D eigenvalue weighted by Crippen LogP contribution is -2.46. The van der Waals surface area contributed by atoms with Crippen LogP contribution in [0.2, 0.25) is 5.02 Å². The highest BCUT2D eigenvalue weighted by atomic mass is 35.5. The molecule has 0 spiro atoms. The maximum atomic E-state index is 6.70. The topological polar surface area (TPSA) is 50.1 Å². The van der Waals surface area contributed by atoms with Gasteiger partial charge in [0.1, 0.15) is 5.58 Å². The minimum absolute atomic E-state index is 0.461.